The molecule has 0 saturated carbocycles. The van der Waals surface area contributed by atoms with E-state index in [0.717, 1.165) is 16.4 Å². The third-order valence-electron chi connectivity index (χ3n) is 7.21. The molecule has 0 aliphatic carbocycles. The Hall–Kier alpha value is -4.32. The summed E-state index contributed by atoms with van der Waals surface area (Å²) >= 11 is 0. The van der Waals surface area contributed by atoms with Crippen molar-refractivity contribution in [1.29, 1.82) is 0 Å². The number of nitrogens with one attached hydrogen (secondary N) is 1. The van der Waals surface area contributed by atoms with Gasteiger partial charge in [0.15, 0.2) is 11.5 Å². The van der Waals surface area contributed by atoms with E-state index in [2.05, 4.69) is 5.32 Å². The van der Waals surface area contributed by atoms with Crippen LogP contribution in [0.4, 0.5) is 10.1 Å². The number of rotatable bonds is 15. The van der Waals surface area contributed by atoms with Crippen LogP contribution in [0.25, 0.3) is 0 Å². The summed E-state index contributed by atoms with van der Waals surface area (Å²) in [4.78, 5) is 28.8. The van der Waals surface area contributed by atoms with Gasteiger partial charge in [-0.3, -0.25) is 13.9 Å². The maximum Gasteiger partial charge on any atom is 0.264 e. The van der Waals surface area contributed by atoms with E-state index in [1.165, 1.54) is 56.6 Å². The lowest BCUT2D eigenvalue weighted by molar-refractivity contribution is -0.140. The normalized spacial score (nSPS) is 12.5. The van der Waals surface area contributed by atoms with Crippen LogP contribution in [0.15, 0.2) is 71.6 Å². The molecule has 0 radical (unpaired) electrons. The van der Waals surface area contributed by atoms with Gasteiger partial charge in [-0.1, -0.05) is 26.0 Å². The Balaban J connectivity index is 2.10. The summed E-state index contributed by atoms with van der Waals surface area (Å²) in [6, 6.07) is 14.9. The first-order valence-corrected chi connectivity index (χ1v) is 15.7. The molecular formula is C32H40FN3O7S. The molecule has 0 spiro atoms. The van der Waals surface area contributed by atoms with Crippen molar-refractivity contribution < 1.29 is 36.6 Å². The summed E-state index contributed by atoms with van der Waals surface area (Å²) in [6.45, 7) is 4.93. The van der Waals surface area contributed by atoms with E-state index in [4.69, 9.17) is 14.2 Å². The third kappa shape index (κ3) is 8.19. The zero-order chi connectivity index (χ0) is 32.4. The van der Waals surface area contributed by atoms with E-state index in [9.17, 15) is 22.4 Å². The van der Waals surface area contributed by atoms with E-state index in [1.54, 1.807) is 31.2 Å². The predicted octanol–water partition coefficient (Wildman–Crippen LogP) is 4.77. The van der Waals surface area contributed by atoms with Crippen LogP contribution in [0.1, 0.15) is 39.2 Å². The number of hydrogen-bond acceptors (Lipinski definition) is 7. The molecule has 2 atom stereocenters. The average Bonchev–Trinajstić information content (AvgIpc) is 3.03. The molecule has 0 aliphatic rings. The lowest BCUT2D eigenvalue weighted by atomic mass is 10.1. The highest BCUT2D eigenvalue weighted by molar-refractivity contribution is 7.92. The van der Waals surface area contributed by atoms with Crippen molar-refractivity contribution in [3.05, 3.63) is 78.1 Å². The van der Waals surface area contributed by atoms with Gasteiger partial charge in [0, 0.05) is 18.7 Å². The van der Waals surface area contributed by atoms with E-state index in [-0.39, 0.29) is 41.2 Å². The first kappa shape index (κ1) is 34.2. The smallest absolute Gasteiger partial charge is 0.264 e. The third-order valence-corrected chi connectivity index (χ3v) is 8.98. The number of carbonyl (C=O) groups is 2. The zero-order valence-corrected chi connectivity index (χ0v) is 26.7. The molecule has 0 saturated heterocycles. The molecule has 10 nitrogen and oxygen atoms in total. The maximum absolute atomic E-state index is 14.2. The molecular weight excluding hydrogens is 589 g/mol. The van der Waals surface area contributed by atoms with Crippen molar-refractivity contribution >= 4 is 27.5 Å². The number of anilines is 1. The number of amides is 2. The van der Waals surface area contributed by atoms with Gasteiger partial charge in [-0.25, -0.2) is 12.8 Å². The van der Waals surface area contributed by atoms with E-state index in [1.807, 2.05) is 13.8 Å². The molecule has 44 heavy (non-hydrogen) atoms. The van der Waals surface area contributed by atoms with E-state index >= 15 is 0 Å². The SMILES string of the molecule is CC[C@H](C(=O)N[C@@H](C)CC)N(Cc1cccc(OC)c1)C(=O)CN(c1ccc(F)cc1)S(=O)(=O)c1ccc(OC)c(OC)c1. The highest BCUT2D eigenvalue weighted by atomic mass is 32.2. The van der Waals surface area contributed by atoms with Gasteiger partial charge in [-0.2, -0.15) is 0 Å². The second kappa shape index (κ2) is 15.4. The van der Waals surface area contributed by atoms with Crippen LogP contribution in [0.2, 0.25) is 0 Å². The molecule has 12 heteroatoms. The van der Waals surface area contributed by atoms with Gasteiger partial charge in [-0.05, 0) is 73.9 Å². The Bertz CT molecular complexity index is 1530. The van der Waals surface area contributed by atoms with Crippen molar-refractivity contribution in [3.63, 3.8) is 0 Å². The maximum atomic E-state index is 14.2. The molecule has 238 valence electrons. The molecule has 3 aromatic rings. The van der Waals surface area contributed by atoms with Gasteiger partial charge in [0.1, 0.15) is 24.2 Å². The van der Waals surface area contributed by atoms with E-state index in [0.29, 0.717) is 23.5 Å². The number of hydrogen-bond donors (Lipinski definition) is 1. The van der Waals surface area contributed by atoms with Gasteiger partial charge in [0.2, 0.25) is 11.8 Å². The second-order valence-electron chi connectivity index (χ2n) is 10.1. The highest BCUT2D eigenvalue weighted by Gasteiger charge is 2.34. The molecule has 2 amide bonds. The number of nitrogens with zero attached hydrogens (tertiary/aromatic N) is 2. The minimum absolute atomic E-state index is 0.0100. The number of benzene rings is 3. The van der Waals surface area contributed by atoms with Crippen molar-refractivity contribution in [3.8, 4) is 17.2 Å². The van der Waals surface area contributed by atoms with Crippen LogP contribution in [-0.2, 0) is 26.2 Å². The fourth-order valence-corrected chi connectivity index (χ4v) is 6.00. The molecule has 0 unspecified atom stereocenters. The summed E-state index contributed by atoms with van der Waals surface area (Å²) in [5, 5.41) is 2.94. The molecule has 3 aromatic carbocycles. The lowest BCUT2D eigenvalue weighted by Crippen LogP contribution is -2.53. The lowest BCUT2D eigenvalue weighted by Gasteiger charge is -2.33. The molecule has 0 aliphatic heterocycles. The standard InChI is InChI=1S/C32H40FN3O7S/c1-7-22(3)34-32(38)28(8-2)35(20-23-10-9-11-26(18-23)41-4)31(37)21-36(25-14-12-24(33)13-15-25)44(39,40)27-16-17-29(42-5)30(19-27)43-6/h9-19,22,28H,7-8,20-21H2,1-6H3,(H,34,38)/t22-,28+/m0/s1. The Morgan fingerprint density at radius 2 is 1.57 bits per heavy atom. The molecule has 1 N–H and O–H groups in total. The monoisotopic (exact) mass is 629 g/mol. The quantitative estimate of drug-likeness (QED) is 0.258. The Kier molecular flexibility index (Phi) is 12.0. The molecule has 0 bridgehead atoms. The zero-order valence-electron chi connectivity index (χ0n) is 25.9. The van der Waals surface area contributed by atoms with Crippen molar-refractivity contribution in [2.75, 3.05) is 32.2 Å². The van der Waals surface area contributed by atoms with Gasteiger partial charge >= 0.3 is 0 Å². The molecule has 0 heterocycles. The predicted molar refractivity (Wildman–Crippen MR) is 166 cm³/mol. The fraction of sp³-hybridized carbons (Fsp3) is 0.375. The van der Waals surface area contributed by atoms with Crippen molar-refractivity contribution in [2.24, 2.45) is 0 Å². The number of sulfonamides is 1. The summed E-state index contributed by atoms with van der Waals surface area (Å²) in [5.41, 5.74) is 0.747. The minimum atomic E-state index is -4.41. The molecule has 0 fully saturated rings. The fourth-order valence-electron chi connectivity index (χ4n) is 4.57. The van der Waals surface area contributed by atoms with Crippen molar-refractivity contribution in [1.82, 2.24) is 10.2 Å². The van der Waals surface area contributed by atoms with Gasteiger partial charge < -0.3 is 24.4 Å². The van der Waals surface area contributed by atoms with Crippen LogP contribution in [0, 0.1) is 5.82 Å². The van der Waals surface area contributed by atoms with Gasteiger partial charge in [0.05, 0.1) is 31.9 Å². The summed E-state index contributed by atoms with van der Waals surface area (Å²) in [7, 11) is -0.0803. The van der Waals surface area contributed by atoms with Crippen LogP contribution in [0.3, 0.4) is 0 Å². The Morgan fingerprint density at radius 1 is 0.886 bits per heavy atom. The number of carbonyl (C=O) groups excluding carboxylic acids is 2. The van der Waals surface area contributed by atoms with Gasteiger partial charge in [-0.15, -0.1) is 0 Å². The molecule has 0 aromatic heterocycles. The largest absolute Gasteiger partial charge is 0.497 e. The van der Waals surface area contributed by atoms with Crippen LogP contribution < -0.4 is 23.8 Å². The second-order valence-corrected chi connectivity index (χ2v) is 12.0. The summed E-state index contributed by atoms with van der Waals surface area (Å²) in [6.07, 6.45) is 0.963. The summed E-state index contributed by atoms with van der Waals surface area (Å²) in [5.74, 6) is -0.502. The topological polar surface area (TPSA) is 114 Å². The Labute approximate surface area is 258 Å². The number of halogens is 1. The number of methoxy groups -OCH3 is 3. The average molecular weight is 630 g/mol. The first-order valence-electron chi connectivity index (χ1n) is 14.2. The Morgan fingerprint density at radius 3 is 2.16 bits per heavy atom. The van der Waals surface area contributed by atoms with Crippen LogP contribution in [0.5, 0.6) is 17.2 Å². The van der Waals surface area contributed by atoms with Crippen LogP contribution >= 0.6 is 0 Å². The van der Waals surface area contributed by atoms with Crippen LogP contribution in [-0.4, -0.2) is 65.1 Å². The first-order chi connectivity index (χ1) is 21.0. The van der Waals surface area contributed by atoms with Gasteiger partial charge in [0.25, 0.3) is 10.0 Å². The summed E-state index contributed by atoms with van der Waals surface area (Å²) < 4.78 is 58.9. The minimum Gasteiger partial charge on any atom is -0.497 e. The highest BCUT2D eigenvalue weighted by Crippen LogP contribution is 2.32. The van der Waals surface area contributed by atoms with Crippen molar-refractivity contribution in [2.45, 2.75) is 57.1 Å². The number of ether oxygens (including phenoxy) is 3. The van der Waals surface area contributed by atoms with E-state index < -0.39 is 34.3 Å². The molecule has 3 rings (SSSR count).